The van der Waals surface area contributed by atoms with Gasteiger partial charge in [0.25, 0.3) is 0 Å². The van der Waals surface area contributed by atoms with Crippen molar-refractivity contribution in [2.75, 3.05) is 6.54 Å². The summed E-state index contributed by atoms with van der Waals surface area (Å²) in [6.45, 7) is 11.2. The molecule has 0 aliphatic carbocycles. The number of hydrogen-bond acceptors (Lipinski definition) is 4. The van der Waals surface area contributed by atoms with Crippen LogP contribution in [0.25, 0.3) is 11.0 Å². The van der Waals surface area contributed by atoms with Crippen LogP contribution in [0.5, 0.6) is 0 Å². The van der Waals surface area contributed by atoms with E-state index in [1.807, 2.05) is 29.6 Å². The van der Waals surface area contributed by atoms with Crippen LogP contribution in [0, 0.1) is 13.8 Å². The highest BCUT2D eigenvalue weighted by atomic mass is 16.2. The first-order valence-electron chi connectivity index (χ1n) is 10.2. The molecule has 0 aromatic carbocycles. The molecule has 0 radical (unpaired) electrons. The lowest BCUT2D eigenvalue weighted by Crippen LogP contribution is -2.51. The fraction of sp³-hybridized carbons (Fsp3) is 0.667. The minimum atomic E-state index is 0.0256. The summed E-state index contributed by atoms with van der Waals surface area (Å²) in [4.78, 5) is 19.7. The van der Waals surface area contributed by atoms with Crippen molar-refractivity contribution in [1.82, 2.24) is 19.7 Å². The van der Waals surface area contributed by atoms with Crippen molar-refractivity contribution in [3.8, 4) is 0 Å². The Bertz CT molecular complexity index is 824. The molecule has 0 saturated carbocycles. The number of aryl methyl sites for hydroxylation is 2. The Balaban J connectivity index is 1.79. The molecule has 27 heavy (non-hydrogen) atoms. The zero-order chi connectivity index (χ0) is 19.7. The van der Waals surface area contributed by atoms with Gasteiger partial charge in [-0.15, -0.1) is 0 Å². The molecule has 0 spiro atoms. The number of nitrogens with zero attached hydrogens (tertiary/aromatic N) is 4. The third-order valence-electron chi connectivity index (χ3n) is 5.89. The highest BCUT2D eigenvalue weighted by Crippen LogP contribution is 2.26. The van der Waals surface area contributed by atoms with Gasteiger partial charge in [-0.25, -0.2) is 9.67 Å². The predicted molar refractivity (Wildman–Crippen MR) is 109 cm³/mol. The predicted octanol–water partition coefficient (Wildman–Crippen LogP) is 3.29. The van der Waals surface area contributed by atoms with Crippen LogP contribution in [0.1, 0.15) is 69.3 Å². The minimum absolute atomic E-state index is 0.0256. The lowest BCUT2D eigenvalue weighted by Gasteiger charge is -2.38. The number of likely N-dealkylation sites (tertiary alicyclic amines) is 1. The summed E-state index contributed by atoms with van der Waals surface area (Å²) in [6, 6.07) is 0.478. The van der Waals surface area contributed by atoms with Gasteiger partial charge in [-0.2, -0.15) is 5.10 Å². The van der Waals surface area contributed by atoms with Crippen molar-refractivity contribution >= 4 is 16.9 Å². The van der Waals surface area contributed by atoms with E-state index in [0.717, 1.165) is 42.5 Å². The molecule has 0 bridgehead atoms. The average Bonchev–Trinajstić information content (AvgIpc) is 3.05. The van der Waals surface area contributed by atoms with Crippen molar-refractivity contribution in [2.45, 2.75) is 84.8 Å². The Kier molecular flexibility index (Phi) is 5.84. The van der Waals surface area contributed by atoms with Gasteiger partial charge in [-0.05, 0) is 71.4 Å². The van der Waals surface area contributed by atoms with Crippen molar-refractivity contribution in [3.63, 3.8) is 0 Å². The maximum Gasteiger partial charge on any atom is 0.223 e. The van der Waals surface area contributed by atoms with E-state index in [9.17, 15) is 4.79 Å². The van der Waals surface area contributed by atoms with E-state index in [0.29, 0.717) is 12.8 Å². The summed E-state index contributed by atoms with van der Waals surface area (Å²) in [5, 5.41) is 5.59. The second kappa shape index (κ2) is 7.97. The van der Waals surface area contributed by atoms with Gasteiger partial charge >= 0.3 is 0 Å². The maximum atomic E-state index is 12.9. The van der Waals surface area contributed by atoms with Crippen LogP contribution in [0.2, 0.25) is 0 Å². The standard InChI is InChI=1S/C21H33N5O/c1-13(2)26-21-18(12-23-26)14(3)17(16(5)24-21)9-10-20(27)25-11-7-6-8-19(25)15(4)22/h12-13,15,19H,6-11,22H2,1-5H3/t15-,19-/m1/s1. The molecule has 1 fully saturated rings. The van der Waals surface area contributed by atoms with E-state index in [1.165, 1.54) is 11.1 Å². The molecule has 2 N–H and O–H groups in total. The maximum absolute atomic E-state index is 12.9. The van der Waals surface area contributed by atoms with Crippen molar-refractivity contribution < 1.29 is 4.79 Å². The van der Waals surface area contributed by atoms with Crippen molar-refractivity contribution in [1.29, 1.82) is 0 Å². The lowest BCUT2D eigenvalue weighted by molar-refractivity contribution is -0.135. The third kappa shape index (κ3) is 3.86. The molecule has 1 saturated heterocycles. The van der Waals surface area contributed by atoms with Crippen molar-refractivity contribution in [3.05, 3.63) is 23.0 Å². The van der Waals surface area contributed by atoms with Crippen LogP contribution in [0.15, 0.2) is 6.20 Å². The average molecular weight is 372 g/mol. The van der Waals surface area contributed by atoms with Gasteiger partial charge in [0.05, 0.1) is 6.20 Å². The van der Waals surface area contributed by atoms with E-state index in [1.54, 1.807) is 0 Å². The Morgan fingerprint density at radius 2 is 2.04 bits per heavy atom. The van der Waals surface area contributed by atoms with Crippen LogP contribution < -0.4 is 5.73 Å². The molecule has 2 aromatic rings. The molecule has 2 aromatic heterocycles. The molecule has 2 atom stereocenters. The Morgan fingerprint density at radius 1 is 1.30 bits per heavy atom. The first kappa shape index (κ1) is 19.8. The number of carbonyl (C=O) groups is 1. The Morgan fingerprint density at radius 3 is 2.70 bits per heavy atom. The number of piperidine rings is 1. The van der Waals surface area contributed by atoms with Gasteiger partial charge in [0, 0.05) is 42.2 Å². The third-order valence-corrected chi connectivity index (χ3v) is 5.89. The van der Waals surface area contributed by atoms with Crippen molar-refractivity contribution in [2.24, 2.45) is 5.73 Å². The summed E-state index contributed by atoms with van der Waals surface area (Å²) in [5.41, 5.74) is 10.4. The van der Waals surface area contributed by atoms with Gasteiger partial charge in [-0.3, -0.25) is 4.79 Å². The molecular weight excluding hydrogens is 338 g/mol. The molecule has 6 nitrogen and oxygen atoms in total. The number of nitrogens with two attached hydrogens (primary N) is 1. The van der Waals surface area contributed by atoms with E-state index in [4.69, 9.17) is 10.7 Å². The number of carbonyl (C=O) groups excluding carboxylic acids is 1. The number of rotatable bonds is 5. The highest BCUT2D eigenvalue weighted by molar-refractivity contribution is 5.81. The number of hydrogen-bond donors (Lipinski definition) is 1. The SMILES string of the molecule is Cc1nc2c(cnn2C(C)C)c(C)c1CCC(=O)N1CCCC[C@@H]1[C@@H](C)N. The number of pyridine rings is 1. The molecule has 1 aliphatic heterocycles. The molecule has 6 heteroatoms. The second-order valence-electron chi connectivity index (χ2n) is 8.23. The van der Waals surface area contributed by atoms with Crippen LogP contribution >= 0.6 is 0 Å². The summed E-state index contributed by atoms with van der Waals surface area (Å²) < 4.78 is 1.96. The van der Waals surface area contributed by atoms with Crippen LogP contribution in [0.4, 0.5) is 0 Å². The highest BCUT2D eigenvalue weighted by Gasteiger charge is 2.29. The number of amides is 1. The Hall–Kier alpha value is -1.95. The lowest BCUT2D eigenvalue weighted by atomic mass is 9.95. The molecule has 0 unspecified atom stereocenters. The summed E-state index contributed by atoms with van der Waals surface area (Å²) >= 11 is 0. The topological polar surface area (TPSA) is 77.0 Å². The van der Waals surface area contributed by atoms with Crippen LogP contribution in [-0.4, -0.2) is 44.2 Å². The van der Waals surface area contributed by atoms with Crippen LogP contribution in [-0.2, 0) is 11.2 Å². The summed E-state index contributed by atoms with van der Waals surface area (Å²) in [7, 11) is 0. The fourth-order valence-corrected chi connectivity index (χ4v) is 4.33. The normalized spacial score (nSPS) is 19.1. The molecule has 148 valence electrons. The molecular formula is C21H33N5O. The fourth-order valence-electron chi connectivity index (χ4n) is 4.33. The monoisotopic (exact) mass is 371 g/mol. The molecule has 3 heterocycles. The minimum Gasteiger partial charge on any atom is -0.338 e. The van der Waals surface area contributed by atoms with E-state index in [-0.39, 0.29) is 24.0 Å². The summed E-state index contributed by atoms with van der Waals surface area (Å²) in [6.07, 6.45) is 6.39. The zero-order valence-electron chi connectivity index (χ0n) is 17.3. The largest absolute Gasteiger partial charge is 0.338 e. The van der Waals surface area contributed by atoms with Gasteiger partial charge in [0.2, 0.25) is 5.91 Å². The zero-order valence-corrected chi connectivity index (χ0v) is 17.3. The van der Waals surface area contributed by atoms with E-state index >= 15 is 0 Å². The first-order valence-corrected chi connectivity index (χ1v) is 10.2. The summed E-state index contributed by atoms with van der Waals surface area (Å²) in [5.74, 6) is 0.216. The van der Waals surface area contributed by atoms with E-state index < -0.39 is 0 Å². The molecule has 3 rings (SSSR count). The molecule has 1 amide bonds. The second-order valence-corrected chi connectivity index (χ2v) is 8.23. The number of aromatic nitrogens is 3. The van der Waals surface area contributed by atoms with Gasteiger partial charge in [0.15, 0.2) is 5.65 Å². The molecule has 1 aliphatic rings. The van der Waals surface area contributed by atoms with Gasteiger partial charge in [-0.1, -0.05) is 0 Å². The van der Waals surface area contributed by atoms with Crippen LogP contribution in [0.3, 0.4) is 0 Å². The Labute approximate surface area is 162 Å². The van der Waals surface area contributed by atoms with E-state index in [2.05, 4.69) is 25.9 Å². The number of fused-ring (bicyclic) bond motifs is 1. The van der Waals surface area contributed by atoms with Gasteiger partial charge in [0.1, 0.15) is 0 Å². The quantitative estimate of drug-likeness (QED) is 0.875. The van der Waals surface area contributed by atoms with Gasteiger partial charge < -0.3 is 10.6 Å². The first-order chi connectivity index (χ1) is 12.8. The smallest absolute Gasteiger partial charge is 0.223 e.